The normalized spacial score (nSPS) is 15.0. The van der Waals surface area contributed by atoms with Crippen LogP contribution in [0.15, 0.2) is 72.8 Å². The van der Waals surface area contributed by atoms with Crippen LogP contribution in [0.3, 0.4) is 0 Å². The lowest BCUT2D eigenvalue weighted by Crippen LogP contribution is -2.15. The van der Waals surface area contributed by atoms with Gasteiger partial charge in [0.1, 0.15) is 0 Å². The topological polar surface area (TPSA) is 66.6 Å². The van der Waals surface area contributed by atoms with E-state index in [-0.39, 0.29) is 10.8 Å². The quantitative estimate of drug-likeness (QED) is 0.202. The van der Waals surface area contributed by atoms with Crippen LogP contribution in [-0.4, -0.2) is 27.0 Å². The first-order valence-corrected chi connectivity index (χ1v) is 15.9. The van der Waals surface area contributed by atoms with Crippen LogP contribution in [0.2, 0.25) is 0 Å². The summed E-state index contributed by atoms with van der Waals surface area (Å²) in [6.07, 6.45) is 7.76. The van der Waals surface area contributed by atoms with E-state index in [0.717, 1.165) is 91.3 Å². The predicted octanol–water partition coefficient (Wildman–Crippen LogP) is 9.30. The van der Waals surface area contributed by atoms with E-state index in [1.165, 1.54) is 11.1 Å². The Labute approximate surface area is 271 Å². The van der Waals surface area contributed by atoms with Crippen molar-refractivity contribution in [3.63, 3.8) is 0 Å². The van der Waals surface area contributed by atoms with Gasteiger partial charge in [0.05, 0.1) is 35.1 Å². The molecule has 0 saturated carbocycles. The van der Waals surface area contributed by atoms with Crippen LogP contribution in [0.4, 0.5) is 0 Å². The number of hydrogen-bond donors (Lipinski definition) is 2. The van der Waals surface area contributed by atoms with E-state index in [1.807, 2.05) is 0 Å². The number of aromatic amines is 2. The van der Waals surface area contributed by atoms with E-state index < -0.39 is 0 Å². The molecule has 0 atom stereocenters. The molecular formula is C41H40N4O. The van der Waals surface area contributed by atoms with Crippen LogP contribution in [0.1, 0.15) is 67.2 Å². The van der Waals surface area contributed by atoms with Crippen molar-refractivity contribution in [3.8, 4) is 40.3 Å². The minimum Gasteiger partial charge on any atom is -0.493 e. The average molecular weight is 605 g/mol. The first-order chi connectivity index (χ1) is 22.0. The van der Waals surface area contributed by atoms with Gasteiger partial charge in [-0.05, 0) is 49.2 Å². The lowest BCUT2D eigenvalue weighted by atomic mass is 9.86. The molecule has 0 amide bonds. The van der Waals surface area contributed by atoms with Gasteiger partial charge in [-0.3, -0.25) is 9.97 Å². The Morgan fingerprint density at radius 2 is 1.11 bits per heavy atom. The second-order valence-corrected chi connectivity index (χ2v) is 14.1. The third kappa shape index (κ3) is 5.08. The number of rotatable bonds is 3. The number of terminal acetylenes is 1. The van der Waals surface area contributed by atoms with E-state index in [2.05, 4.69) is 130 Å². The van der Waals surface area contributed by atoms with Crippen LogP contribution >= 0.6 is 0 Å². The minimum absolute atomic E-state index is 0.216. The van der Waals surface area contributed by atoms with Gasteiger partial charge in [0.2, 0.25) is 0 Å². The van der Waals surface area contributed by atoms with Gasteiger partial charge < -0.3 is 14.7 Å². The zero-order valence-electron chi connectivity index (χ0n) is 27.7. The molecule has 5 aromatic rings. The van der Waals surface area contributed by atoms with Crippen LogP contribution < -0.4 is 4.74 Å². The number of nitrogens with zero attached hydrogens (tertiary/aromatic N) is 2. The van der Waals surface area contributed by atoms with Gasteiger partial charge in [0.25, 0.3) is 0 Å². The molecule has 7 rings (SSSR count). The number of hydrogen-bond acceptors (Lipinski definition) is 3. The van der Waals surface area contributed by atoms with Crippen LogP contribution in [0, 0.1) is 26.2 Å². The third-order valence-electron chi connectivity index (χ3n) is 9.51. The van der Waals surface area contributed by atoms with Crippen molar-refractivity contribution in [3.05, 3.63) is 112 Å². The molecule has 0 fully saturated rings. The summed E-state index contributed by atoms with van der Waals surface area (Å²) in [7, 11) is 1.73. The van der Waals surface area contributed by atoms with Crippen molar-refractivity contribution >= 4 is 22.1 Å². The molecule has 5 heterocycles. The average Bonchev–Trinajstić information content (AvgIpc) is 3.75. The number of H-pyrrole nitrogens is 2. The number of methoxy groups -OCH3 is 1. The Hall–Kier alpha value is -5.08. The summed E-state index contributed by atoms with van der Waals surface area (Å²) in [5.74, 6) is 3.77. The van der Waals surface area contributed by atoms with Gasteiger partial charge >= 0.3 is 0 Å². The number of fused-ring (bicyclic) bond motifs is 8. The van der Waals surface area contributed by atoms with Crippen molar-refractivity contribution in [1.29, 1.82) is 0 Å². The highest BCUT2D eigenvalue weighted by atomic mass is 16.5. The summed E-state index contributed by atoms with van der Waals surface area (Å²) < 4.78 is 6.14. The minimum atomic E-state index is -0.223. The van der Waals surface area contributed by atoms with Gasteiger partial charge in [-0.25, -0.2) is 0 Å². The molecule has 3 aromatic heterocycles. The lowest BCUT2D eigenvalue weighted by Gasteiger charge is -2.16. The molecule has 230 valence electrons. The molecular weight excluding hydrogens is 564 g/mol. The highest BCUT2D eigenvalue weighted by Crippen LogP contribution is 2.40. The molecule has 0 saturated heterocycles. The maximum atomic E-state index is 6.28. The smallest absolute Gasteiger partial charge is 0.163 e. The Balaban J connectivity index is 1.64. The Bertz CT molecular complexity index is 2200. The molecule has 8 bridgehead atoms. The highest BCUT2D eigenvalue weighted by Gasteiger charge is 2.33. The summed E-state index contributed by atoms with van der Waals surface area (Å²) in [6.45, 7) is 13.2. The van der Waals surface area contributed by atoms with Gasteiger partial charge in [-0.1, -0.05) is 93.3 Å². The molecule has 0 aliphatic carbocycles. The van der Waals surface area contributed by atoms with Crippen LogP contribution in [0.5, 0.6) is 5.75 Å². The fraction of sp³-hybridized carbons (Fsp3) is 0.268. The number of aromatic nitrogens is 4. The number of nitrogens with one attached hydrogen (secondary N) is 2. The van der Waals surface area contributed by atoms with Gasteiger partial charge in [-0.2, -0.15) is 0 Å². The molecule has 2 aliphatic rings. The summed E-state index contributed by atoms with van der Waals surface area (Å²) >= 11 is 0. The van der Waals surface area contributed by atoms with E-state index in [4.69, 9.17) is 21.1 Å². The fourth-order valence-electron chi connectivity index (χ4n) is 6.76. The fourth-order valence-corrected chi connectivity index (χ4v) is 6.76. The zero-order valence-corrected chi connectivity index (χ0v) is 27.7. The maximum Gasteiger partial charge on any atom is 0.163 e. The van der Waals surface area contributed by atoms with Crippen molar-refractivity contribution < 1.29 is 4.74 Å². The molecule has 0 unspecified atom stereocenters. The monoisotopic (exact) mass is 604 g/mol. The van der Waals surface area contributed by atoms with Gasteiger partial charge in [0, 0.05) is 57.2 Å². The van der Waals surface area contributed by atoms with E-state index in [9.17, 15) is 0 Å². The standard InChI is InChI=1S/C41H40N4O/c1-9-28-31-18-29(26-14-10-24(2)11-15-26)32(42-31)20-38-41(6,7)23-36(45-38)39(46-8)34-19-30(27-16-12-25(3)13-17-27)33(43-34)21-37-40(4,5)22-35(28)44-37/h1,10-21,42-43H,22-23H2,2-8H3. The van der Waals surface area contributed by atoms with Crippen molar-refractivity contribution in [1.82, 2.24) is 19.9 Å². The number of benzene rings is 2. The largest absolute Gasteiger partial charge is 0.493 e. The zero-order chi connectivity index (χ0) is 32.4. The van der Waals surface area contributed by atoms with E-state index >= 15 is 0 Å². The second kappa shape index (κ2) is 10.8. The lowest BCUT2D eigenvalue weighted by molar-refractivity contribution is 0.409. The molecule has 0 radical (unpaired) electrons. The predicted molar refractivity (Wildman–Crippen MR) is 189 cm³/mol. The SMILES string of the molecule is C#Cc1c2nc(cc3[nH]c(cc3-c3ccc(C)cc3)c(OC)c3nc(cc4[nH]c1cc4-c1ccc(C)cc1)C(C)(C)C3)C(C)(C)C2. The molecule has 2 aliphatic heterocycles. The Morgan fingerprint density at radius 1 is 0.652 bits per heavy atom. The summed E-state index contributed by atoms with van der Waals surface area (Å²) in [5, 5.41) is 0. The van der Waals surface area contributed by atoms with Crippen molar-refractivity contribution in [2.45, 2.75) is 65.2 Å². The molecule has 5 heteroatoms. The maximum absolute atomic E-state index is 6.28. The van der Waals surface area contributed by atoms with Crippen LogP contribution in [0.25, 0.3) is 44.3 Å². The Morgan fingerprint density at radius 3 is 1.61 bits per heavy atom. The highest BCUT2D eigenvalue weighted by molar-refractivity contribution is 5.89. The third-order valence-corrected chi connectivity index (χ3v) is 9.51. The summed E-state index contributed by atoms with van der Waals surface area (Å²) in [6, 6.07) is 26.0. The molecule has 46 heavy (non-hydrogen) atoms. The van der Waals surface area contributed by atoms with Crippen molar-refractivity contribution in [2.24, 2.45) is 0 Å². The molecule has 0 spiro atoms. The van der Waals surface area contributed by atoms with E-state index in [1.54, 1.807) is 7.11 Å². The molecule has 5 nitrogen and oxygen atoms in total. The number of ether oxygens (including phenoxy) is 1. The molecule has 2 N–H and O–H groups in total. The molecule has 2 aromatic carbocycles. The second-order valence-electron chi connectivity index (χ2n) is 14.1. The van der Waals surface area contributed by atoms with E-state index in [0.29, 0.717) is 0 Å². The first-order valence-electron chi connectivity index (χ1n) is 15.9. The van der Waals surface area contributed by atoms with Crippen molar-refractivity contribution in [2.75, 3.05) is 7.11 Å². The summed E-state index contributed by atoms with van der Waals surface area (Å²) in [5.41, 5.74) is 14.7. The van der Waals surface area contributed by atoms with Gasteiger partial charge in [-0.15, -0.1) is 6.42 Å². The van der Waals surface area contributed by atoms with Gasteiger partial charge in [0.15, 0.2) is 5.75 Å². The number of aryl methyl sites for hydroxylation is 2. The first kappa shape index (κ1) is 29.6. The van der Waals surface area contributed by atoms with Crippen LogP contribution in [-0.2, 0) is 23.7 Å². The summed E-state index contributed by atoms with van der Waals surface area (Å²) in [4.78, 5) is 17.9. The Kier molecular flexibility index (Phi) is 6.94.